The molecule has 0 radical (unpaired) electrons. The maximum absolute atomic E-state index is 12.8. The van der Waals surface area contributed by atoms with Crippen LogP contribution in [0.3, 0.4) is 0 Å². The summed E-state index contributed by atoms with van der Waals surface area (Å²) in [5, 5.41) is 7.67. The topological polar surface area (TPSA) is 66.9 Å². The molecule has 0 aliphatic heterocycles. The summed E-state index contributed by atoms with van der Waals surface area (Å²) in [6.45, 7) is 1.39. The van der Waals surface area contributed by atoms with Crippen LogP contribution in [0.15, 0.2) is 48.0 Å². The van der Waals surface area contributed by atoms with Crippen LogP contribution >= 0.6 is 11.3 Å². The van der Waals surface area contributed by atoms with Gasteiger partial charge in [0, 0.05) is 29.8 Å². The normalized spacial score (nSPS) is 11.2. The third-order valence-corrected chi connectivity index (χ3v) is 4.07. The summed E-state index contributed by atoms with van der Waals surface area (Å²) in [6.07, 6.45) is -2.83. The maximum atomic E-state index is 12.8. The van der Waals surface area contributed by atoms with Gasteiger partial charge in [-0.1, -0.05) is 6.07 Å². The van der Waals surface area contributed by atoms with Gasteiger partial charge in [-0.25, -0.2) is 9.97 Å². The zero-order chi connectivity index (χ0) is 18.7. The van der Waals surface area contributed by atoms with Gasteiger partial charge >= 0.3 is 6.18 Å². The van der Waals surface area contributed by atoms with E-state index in [1.54, 1.807) is 29.8 Å². The number of carbonyl (C=O) groups is 1. The molecule has 26 heavy (non-hydrogen) atoms. The van der Waals surface area contributed by atoms with Gasteiger partial charge in [-0.05, 0) is 30.3 Å². The molecular formula is C17H13F3N4OS. The molecule has 2 heterocycles. The number of anilines is 3. The highest BCUT2D eigenvalue weighted by molar-refractivity contribution is 7.14. The maximum Gasteiger partial charge on any atom is 0.416 e. The Hall–Kier alpha value is -2.94. The number of pyridine rings is 1. The monoisotopic (exact) mass is 378 g/mol. The van der Waals surface area contributed by atoms with Crippen molar-refractivity contribution in [2.75, 3.05) is 10.6 Å². The number of nitrogens with one attached hydrogen (secondary N) is 2. The predicted octanol–water partition coefficient (Wildman–Crippen LogP) is 4.93. The van der Waals surface area contributed by atoms with E-state index in [4.69, 9.17) is 0 Å². The van der Waals surface area contributed by atoms with E-state index in [0.717, 1.165) is 17.7 Å². The number of nitrogens with zero attached hydrogens (tertiary/aromatic N) is 2. The van der Waals surface area contributed by atoms with Gasteiger partial charge in [0.15, 0.2) is 5.13 Å². The molecule has 0 saturated heterocycles. The van der Waals surface area contributed by atoms with Crippen molar-refractivity contribution in [2.24, 2.45) is 0 Å². The van der Waals surface area contributed by atoms with Crippen molar-refractivity contribution in [3.63, 3.8) is 0 Å². The zero-order valence-corrected chi connectivity index (χ0v) is 14.3. The molecule has 3 rings (SSSR count). The lowest BCUT2D eigenvalue weighted by molar-refractivity contribution is -0.137. The lowest BCUT2D eigenvalue weighted by atomic mass is 10.2. The summed E-state index contributed by atoms with van der Waals surface area (Å²) in [6, 6.07) is 8.33. The highest BCUT2D eigenvalue weighted by atomic mass is 32.1. The van der Waals surface area contributed by atoms with E-state index in [1.165, 1.54) is 24.3 Å². The fourth-order valence-corrected chi connectivity index (χ4v) is 2.90. The first kappa shape index (κ1) is 17.9. The van der Waals surface area contributed by atoms with Gasteiger partial charge in [0.05, 0.1) is 11.3 Å². The van der Waals surface area contributed by atoms with Gasteiger partial charge in [0.1, 0.15) is 5.82 Å². The SMILES string of the molecule is CC(=O)Nc1ccc(-c2csc(Nc3cccc(C(F)(F)F)c3)n2)cn1. The van der Waals surface area contributed by atoms with Gasteiger partial charge in [-0.3, -0.25) is 4.79 Å². The highest BCUT2D eigenvalue weighted by Crippen LogP contribution is 2.32. The van der Waals surface area contributed by atoms with Crippen LogP contribution in [0.2, 0.25) is 0 Å². The lowest BCUT2D eigenvalue weighted by Gasteiger charge is -2.08. The fraction of sp³-hybridized carbons (Fsp3) is 0.118. The van der Waals surface area contributed by atoms with Gasteiger partial charge in [0.2, 0.25) is 5.91 Å². The molecule has 2 aromatic heterocycles. The van der Waals surface area contributed by atoms with Crippen LogP contribution in [0.4, 0.5) is 29.8 Å². The van der Waals surface area contributed by atoms with E-state index in [-0.39, 0.29) is 5.91 Å². The number of thiazole rings is 1. The Morgan fingerprint density at radius 3 is 2.65 bits per heavy atom. The Balaban J connectivity index is 1.75. The Labute approximate surface area is 150 Å². The molecule has 0 aliphatic rings. The zero-order valence-electron chi connectivity index (χ0n) is 13.5. The first-order chi connectivity index (χ1) is 12.3. The number of alkyl halides is 3. The molecule has 0 atom stereocenters. The lowest BCUT2D eigenvalue weighted by Crippen LogP contribution is -2.06. The molecule has 1 aromatic carbocycles. The van der Waals surface area contributed by atoms with Crippen LogP contribution in [0, 0.1) is 0 Å². The second kappa shape index (κ2) is 7.12. The number of benzene rings is 1. The Morgan fingerprint density at radius 2 is 2.00 bits per heavy atom. The first-order valence-electron chi connectivity index (χ1n) is 7.45. The molecule has 0 bridgehead atoms. The molecule has 0 saturated carbocycles. The molecule has 3 aromatic rings. The second-order valence-corrected chi connectivity index (χ2v) is 6.21. The molecule has 0 spiro atoms. The molecule has 134 valence electrons. The molecule has 1 amide bonds. The van der Waals surface area contributed by atoms with E-state index < -0.39 is 11.7 Å². The quantitative estimate of drug-likeness (QED) is 0.676. The third-order valence-electron chi connectivity index (χ3n) is 3.31. The van der Waals surface area contributed by atoms with Crippen molar-refractivity contribution in [3.8, 4) is 11.3 Å². The summed E-state index contributed by atoms with van der Waals surface area (Å²) in [4.78, 5) is 19.5. The summed E-state index contributed by atoms with van der Waals surface area (Å²) < 4.78 is 38.3. The van der Waals surface area contributed by atoms with Crippen molar-refractivity contribution in [3.05, 3.63) is 53.5 Å². The van der Waals surface area contributed by atoms with Crippen molar-refractivity contribution < 1.29 is 18.0 Å². The van der Waals surface area contributed by atoms with Crippen LogP contribution < -0.4 is 10.6 Å². The van der Waals surface area contributed by atoms with Crippen molar-refractivity contribution in [1.29, 1.82) is 0 Å². The minimum absolute atomic E-state index is 0.216. The minimum Gasteiger partial charge on any atom is -0.332 e. The van der Waals surface area contributed by atoms with Gasteiger partial charge in [0.25, 0.3) is 0 Å². The fourth-order valence-electron chi connectivity index (χ4n) is 2.16. The second-order valence-electron chi connectivity index (χ2n) is 5.35. The van der Waals surface area contributed by atoms with Crippen LogP contribution in [-0.2, 0) is 11.0 Å². The number of rotatable bonds is 4. The van der Waals surface area contributed by atoms with Crippen LogP contribution in [0.1, 0.15) is 12.5 Å². The average Bonchev–Trinajstić information content (AvgIpc) is 3.03. The van der Waals surface area contributed by atoms with Crippen LogP contribution in [0.25, 0.3) is 11.3 Å². The molecule has 9 heteroatoms. The Morgan fingerprint density at radius 1 is 1.19 bits per heavy atom. The van der Waals surface area contributed by atoms with Gasteiger partial charge < -0.3 is 10.6 Å². The number of hydrogen-bond donors (Lipinski definition) is 2. The van der Waals surface area contributed by atoms with Crippen LogP contribution in [0.5, 0.6) is 0 Å². The molecule has 2 N–H and O–H groups in total. The number of hydrogen-bond acceptors (Lipinski definition) is 5. The molecular weight excluding hydrogens is 365 g/mol. The molecule has 5 nitrogen and oxygen atoms in total. The third kappa shape index (κ3) is 4.37. The minimum atomic E-state index is -4.40. The van der Waals surface area contributed by atoms with Gasteiger partial charge in [-0.2, -0.15) is 13.2 Å². The standard InChI is InChI=1S/C17H13F3N4OS/c1-10(25)22-15-6-5-11(8-21-15)14-9-26-16(24-14)23-13-4-2-3-12(7-13)17(18,19)20/h2-9H,1H3,(H,23,24)(H,21,22,25). The van der Waals surface area contributed by atoms with E-state index in [0.29, 0.717) is 22.3 Å². The summed E-state index contributed by atoms with van der Waals surface area (Å²) >= 11 is 1.27. The summed E-state index contributed by atoms with van der Waals surface area (Å²) in [5.41, 5.74) is 0.940. The Kier molecular flexibility index (Phi) is 4.90. The molecule has 0 aliphatic carbocycles. The van der Waals surface area contributed by atoms with E-state index in [1.807, 2.05) is 0 Å². The molecule has 0 fully saturated rings. The number of amides is 1. The first-order valence-corrected chi connectivity index (χ1v) is 8.33. The van der Waals surface area contributed by atoms with E-state index >= 15 is 0 Å². The van der Waals surface area contributed by atoms with Crippen LogP contribution in [-0.4, -0.2) is 15.9 Å². The number of carbonyl (C=O) groups excluding carboxylic acids is 1. The average molecular weight is 378 g/mol. The van der Waals surface area contributed by atoms with Gasteiger partial charge in [-0.15, -0.1) is 11.3 Å². The predicted molar refractivity (Wildman–Crippen MR) is 94.4 cm³/mol. The van der Waals surface area contributed by atoms with E-state index in [9.17, 15) is 18.0 Å². The van der Waals surface area contributed by atoms with Crippen molar-refractivity contribution >= 4 is 33.9 Å². The summed E-state index contributed by atoms with van der Waals surface area (Å²) in [7, 11) is 0. The summed E-state index contributed by atoms with van der Waals surface area (Å²) in [5.74, 6) is 0.213. The van der Waals surface area contributed by atoms with E-state index in [2.05, 4.69) is 20.6 Å². The number of halogens is 3. The number of aromatic nitrogens is 2. The van der Waals surface area contributed by atoms with Crippen molar-refractivity contribution in [1.82, 2.24) is 9.97 Å². The smallest absolute Gasteiger partial charge is 0.332 e. The Bertz CT molecular complexity index is 922. The molecule has 0 unspecified atom stereocenters. The van der Waals surface area contributed by atoms with Crippen molar-refractivity contribution in [2.45, 2.75) is 13.1 Å². The highest BCUT2D eigenvalue weighted by Gasteiger charge is 2.30. The largest absolute Gasteiger partial charge is 0.416 e.